The molecule has 0 fully saturated rings. The molecule has 20 heavy (non-hydrogen) atoms. The van der Waals surface area contributed by atoms with E-state index in [0.29, 0.717) is 13.1 Å². The van der Waals surface area contributed by atoms with Crippen LogP contribution in [0.15, 0.2) is 34.1 Å². The number of aliphatic imine (C=N–C) groups is 1. The van der Waals surface area contributed by atoms with E-state index in [1.807, 2.05) is 38.1 Å². The van der Waals surface area contributed by atoms with Crippen LogP contribution in [0.1, 0.15) is 13.8 Å². The molecule has 1 aromatic heterocycles. The number of benzene rings is 1. The number of nitrogens with one attached hydrogen (secondary N) is 3. The second kappa shape index (κ2) is 6.79. The lowest BCUT2D eigenvalue weighted by Gasteiger charge is -2.09. The summed E-state index contributed by atoms with van der Waals surface area (Å²) < 4.78 is 1.72. The average molecular weight is 275 g/mol. The molecule has 0 amide bonds. The van der Waals surface area contributed by atoms with Crippen LogP contribution >= 0.6 is 0 Å². The van der Waals surface area contributed by atoms with Crippen molar-refractivity contribution in [2.75, 3.05) is 19.6 Å². The minimum absolute atomic E-state index is 0.0881. The summed E-state index contributed by atoms with van der Waals surface area (Å²) in [5.41, 5.74) is 1.69. The second-order valence-corrected chi connectivity index (χ2v) is 4.39. The molecule has 3 N–H and O–H groups in total. The van der Waals surface area contributed by atoms with Crippen molar-refractivity contribution in [3.05, 3.63) is 34.7 Å². The van der Waals surface area contributed by atoms with Gasteiger partial charge in [0.15, 0.2) is 5.96 Å². The SMILES string of the molecule is CCNC(=NCCn1c(=O)[nH]c2ccccc21)NCC. The van der Waals surface area contributed by atoms with Crippen molar-refractivity contribution in [2.45, 2.75) is 20.4 Å². The highest BCUT2D eigenvalue weighted by Gasteiger charge is 2.04. The van der Waals surface area contributed by atoms with Gasteiger partial charge in [0.05, 0.1) is 17.6 Å². The Morgan fingerprint density at radius 2 is 1.95 bits per heavy atom. The molecule has 0 saturated carbocycles. The Morgan fingerprint density at radius 1 is 1.25 bits per heavy atom. The number of para-hydroxylation sites is 2. The minimum Gasteiger partial charge on any atom is -0.357 e. The fraction of sp³-hybridized carbons (Fsp3) is 0.429. The Bertz CT molecular complexity index is 632. The van der Waals surface area contributed by atoms with E-state index in [9.17, 15) is 4.79 Å². The lowest BCUT2D eigenvalue weighted by Crippen LogP contribution is -2.37. The van der Waals surface area contributed by atoms with Crippen LogP contribution in [-0.2, 0) is 6.54 Å². The summed E-state index contributed by atoms with van der Waals surface area (Å²) >= 11 is 0. The van der Waals surface area contributed by atoms with Crippen molar-refractivity contribution >= 4 is 17.0 Å². The van der Waals surface area contributed by atoms with E-state index in [1.165, 1.54) is 0 Å². The zero-order valence-corrected chi connectivity index (χ0v) is 11.9. The first-order valence-electron chi connectivity index (χ1n) is 6.96. The summed E-state index contributed by atoms with van der Waals surface area (Å²) in [6, 6.07) is 7.68. The number of nitrogens with zero attached hydrogens (tertiary/aromatic N) is 2. The summed E-state index contributed by atoms with van der Waals surface area (Å²) in [7, 11) is 0. The van der Waals surface area contributed by atoms with E-state index in [2.05, 4.69) is 20.6 Å². The molecule has 0 bridgehead atoms. The largest absolute Gasteiger partial charge is 0.357 e. The molecule has 0 unspecified atom stereocenters. The van der Waals surface area contributed by atoms with Crippen molar-refractivity contribution in [1.82, 2.24) is 20.2 Å². The van der Waals surface area contributed by atoms with Gasteiger partial charge >= 0.3 is 5.69 Å². The molecule has 1 aromatic carbocycles. The first-order chi connectivity index (χ1) is 9.76. The molecule has 1 heterocycles. The van der Waals surface area contributed by atoms with Crippen molar-refractivity contribution in [2.24, 2.45) is 4.99 Å². The van der Waals surface area contributed by atoms with Gasteiger partial charge in [-0.25, -0.2) is 4.79 Å². The van der Waals surface area contributed by atoms with E-state index in [4.69, 9.17) is 0 Å². The predicted octanol–water partition coefficient (Wildman–Crippen LogP) is 0.905. The van der Waals surface area contributed by atoms with E-state index in [1.54, 1.807) is 4.57 Å². The average Bonchev–Trinajstić information content (AvgIpc) is 2.76. The predicted molar refractivity (Wildman–Crippen MR) is 82.2 cm³/mol. The fourth-order valence-corrected chi connectivity index (χ4v) is 2.10. The molecule has 0 atom stereocenters. The van der Waals surface area contributed by atoms with E-state index >= 15 is 0 Å². The number of aromatic amines is 1. The van der Waals surface area contributed by atoms with E-state index < -0.39 is 0 Å². The van der Waals surface area contributed by atoms with Gasteiger partial charge in [-0.3, -0.25) is 9.56 Å². The number of H-pyrrole nitrogens is 1. The normalized spacial score (nSPS) is 10.5. The number of rotatable bonds is 5. The molecule has 0 aliphatic carbocycles. The third-order valence-electron chi connectivity index (χ3n) is 2.96. The molecule has 0 aliphatic rings. The maximum atomic E-state index is 11.9. The summed E-state index contributed by atoms with van der Waals surface area (Å²) in [4.78, 5) is 19.2. The third-order valence-corrected chi connectivity index (χ3v) is 2.96. The van der Waals surface area contributed by atoms with Gasteiger partial charge in [-0.1, -0.05) is 12.1 Å². The number of imidazole rings is 1. The quantitative estimate of drug-likeness (QED) is 0.561. The van der Waals surface area contributed by atoms with Crippen molar-refractivity contribution in [3.8, 4) is 0 Å². The Kier molecular flexibility index (Phi) is 4.81. The number of fused-ring (bicyclic) bond motifs is 1. The summed E-state index contributed by atoms with van der Waals surface area (Å²) in [5.74, 6) is 0.780. The fourth-order valence-electron chi connectivity index (χ4n) is 2.10. The lowest BCUT2D eigenvalue weighted by atomic mass is 10.3. The molecule has 6 nitrogen and oxygen atoms in total. The molecule has 6 heteroatoms. The highest BCUT2D eigenvalue weighted by Crippen LogP contribution is 2.08. The topological polar surface area (TPSA) is 74.2 Å². The standard InChI is InChI=1S/C14H21N5O/c1-3-15-13(16-4-2)17-9-10-19-12-8-6-5-7-11(12)18-14(19)20/h5-8H,3-4,9-10H2,1-2H3,(H,18,20)(H2,15,16,17). The Hall–Kier alpha value is -2.24. The molecule has 0 saturated heterocycles. The van der Waals surface area contributed by atoms with Crippen LogP contribution in [0.5, 0.6) is 0 Å². The van der Waals surface area contributed by atoms with Gasteiger partial charge in [0.25, 0.3) is 0 Å². The Labute approximate surface area is 117 Å². The summed E-state index contributed by atoms with van der Waals surface area (Å²) in [6.45, 7) is 6.80. The zero-order chi connectivity index (χ0) is 14.4. The first kappa shape index (κ1) is 14.2. The van der Waals surface area contributed by atoms with Crippen LogP contribution in [0, 0.1) is 0 Å². The van der Waals surface area contributed by atoms with Crippen molar-refractivity contribution < 1.29 is 0 Å². The van der Waals surface area contributed by atoms with Gasteiger partial charge in [0.1, 0.15) is 0 Å². The zero-order valence-electron chi connectivity index (χ0n) is 11.9. The molecule has 0 aliphatic heterocycles. The van der Waals surface area contributed by atoms with Gasteiger partial charge in [0, 0.05) is 19.6 Å². The van der Waals surface area contributed by atoms with Gasteiger partial charge in [0.2, 0.25) is 0 Å². The van der Waals surface area contributed by atoms with Gasteiger partial charge in [-0.2, -0.15) is 0 Å². The molecular formula is C14H21N5O. The van der Waals surface area contributed by atoms with Crippen LogP contribution in [0.4, 0.5) is 0 Å². The van der Waals surface area contributed by atoms with Crippen LogP contribution in [0.3, 0.4) is 0 Å². The van der Waals surface area contributed by atoms with Crippen LogP contribution < -0.4 is 16.3 Å². The number of guanidine groups is 1. The van der Waals surface area contributed by atoms with Gasteiger partial charge in [-0.15, -0.1) is 0 Å². The maximum Gasteiger partial charge on any atom is 0.326 e. The number of hydrogen-bond acceptors (Lipinski definition) is 2. The smallest absolute Gasteiger partial charge is 0.326 e. The molecular weight excluding hydrogens is 254 g/mol. The molecule has 2 aromatic rings. The third kappa shape index (κ3) is 3.20. The summed E-state index contributed by atoms with van der Waals surface area (Å²) in [5, 5.41) is 6.32. The van der Waals surface area contributed by atoms with Crippen LogP contribution in [0.2, 0.25) is 0 Å². The van der Waals surface area contributed by atoms with E-state index in [-0.39, 0.29) is 5.69 Å². The lowest BCUT2D eigenvalue weighted by molar-refractivity contribution is 0.696. The van der Waals surface area contributed by atoms with Gasteiger partial charge in [-0.05, 0) is 26.0 Å². The molecule has 2 rings (SSSR count). The van der Waals surface area contributed by atoms with Gasteiger partial charge < -0.3 is 15.6 Å². The maximum absolute atomic E-state index is 11.9. The highest BCUT2D eigenvalue weighted by molar-refractivity contribution is 5.79. The molecule has 0 spiro atoms. The Morgan fingerprint density at radius 3 is 2.65 bits per heavy atom. The van der Waals surface area contributed by atoms with Crippen LogP contribution in [-0.4, -0.2) is 35.1 Å². The first-order valence-corrected chi connectivity index (χ1v) is 6.96. The van der Waals surface area contributed by atoms with Crippen molar-refractivity contribution in [1.29, 1.82) is 0 Å². The molecule has 0 radical (unpaired) electrons. The number of hydrogen-bond donors (Lipinski definition) is 3. The highest BCUT2D eigenvalue weighted by atomic mass is 16.1. The Balaban J connectivity index is 2.11. The minimum atomic E-state index is -0.0881. The second-order valence-electron chi connectivity index (χ2n) is 4.39. The van der Waals surface area contributed by atoms with E-state index in [0.717, 1.165) is 30.1 Å². The molecule has 108 valence electrons. The van der Waals surface area contributed by atoms with Crippen molar-refractivity contribution in [3.63, 3.8) is 0 Å². The summed E-state index contributed by atoms with van der Waals surface area (Å²) in [6.07, 6.45) is 0. The monoisotopic (exact) mass is 275 g/mol. The number of aromatic nitrogens is 2. The van der Waals surface area contributed by atoms with Crippen LogP contribution in [0.25, 0.3) is 11.0 Å².